The molecule has 1 fully saturated rings. The molecular weight excluding hydrogens is 528 g/mol. The number of hydrogen-bond donors (Lipinski definition) is 1. The third-order valence-electron chi connectivity index (χ3n) is 6.85. The average molecular weight is 550 g/mol. The summed E-state index contributed by atoms with van der Waals surface area (Å²) in [4.78, 5) is 35.5. The molecule has 39 heavy (non-hydrogen) atoms. The highest BCUT2D eigenvalue weighted by atomic mass is 32.1. The monoisotopic (exact) mass is 549 g/mol. The number of hydrogen-bond acceptors (Lipinski definition) is 7. The average Bonchev–Trinajstić information content (AvgIpc) is 3.62. The van der Waals surface area contributed by atoms with E-state index in [-0.39, 0.29) is 23.7 Å². The van der Waals surface area contributed by atoms with Crippen molar-refractivity contribution in [1.82, 2.24) is 19.5 Å². The van der Waals surface area contributed by atoms with Gasteiger partial charge in [-0.05, 0) is 56.5 Å². The van der Waals surface area contributed by atoms with Crippen LogP contribution in [0.5, 0.6) is 0 Å². The summed E-state index contributed by atoms with van der Waals surface area (Å²) < 4.78 is 35.1. The lowest BCUT2D eigenvalue weighted by atomic mass is 9.96. The molecule has 1 N–H and O–H groups in total. The molecule has 1 aliphatic rings. The zero-order chi connectivity index (χ0) is 27.4. The van der Waals surface area contributed by atoms with Crippen LogP contribution in [-0.4, -0.2) is 36.5 Å². The van der Waals surface area contributed by atoms with Gasteiger partial charge in [0, 0.05) is 35.3 Å². The van der Waals surface area contributed by atoms with Crippen molar-refractivity contribution in [3.05, 3.63) is 76.4 Å². The Morgan fingerprint density at radius 3 is 2.67 bits per heavy atom. The number of carbonyl (C=O) groups is 2. The van der Waals surface area contributed by atoms with Crippen LogP contribution in [0.25, 0.3) is 27.5 Å². The summed E-state index contributed by atoms with van der Waals surface area (Å²) in [6.07, 6.45) is 3.13. The van der Waals surface area contributed by atoms with Crippen molar-refractivity contribution in [2.24, 2.45) is 0 Å². The number of amides is 1. The summed E-state index contributed by atoms with van der Waals surface area (Å²) in [6.45, 7) is 3.66. The highest BCUT2D eigenvalue weighted by Crippen LogP contribution is 2.41. The molecular formula is C27H21F2N5O4S. The maximum atomic E-state index is 14.2. The minimum Gasteiger partial charge on any atom is -0.476 e. The lowest BCUT2D eigenvalue weighted by Crippen LogP contribution is -2.38. The molecule has 0 unspecified atom stereocenters. The summed E-state index contributed by atoms with van der Waals surface area (Å²) >= 11 is 1.15. The molecule has 198 valence electrons. The molecule has 0 radical (unpaired) electrons. The van der Waals surface area contributed by atoms with Crippen LogP contribution >= 0.6 is 11.3 Å². The summed E-state index contributed by atoms with van der Waals surface area (Å²) in [6, 6.07) is 6.47. The Kier molecular flexibility index (Phi) is 5.98. The molecule has 0 spiro atoms. The summed E-state index contributed by atoms with van der Waals surface area (Å²) in [5, 5.41) is 15.4. The molecule has 1 atom stereocenters. The van der Waals surface area contributed by atoms with Crippen molar-refractivity contribution in [2.75, 3.05) is 4.90 Å². The van der Waals surface area contributed by atoms with Gasteiger partial charge < -0.3 is 14.5 Å². The first-order chi connectivity index (χ1) is 18.7. The predicted molar refractivity (Wildman–Crippen MR) is 139 cm³/mol. The van der Waals surface area contributed by atoms with Gasteiger partial charge in [-0.25, -0.2) is 23.5 Å². The van der Waals surface area contributed by atoms with E-state index in [0.29, 0.717) is 40.6 Å². The Balaban J connectivity index is 1.57. The number of thiazole rings is 1. The number of anilines is 1. The molecule has 0 bridgehead atoms. The second kappa shape index (κ2) is 9.38. The second-order valence-corrected chi connectivity index (χ2v) is 10.2. The number of rotatable bonds is 5. The van der Waals surface area contributed by atoms with Crippen LogP contribution in [0.15, 0.2) is 46.4 Å². The molecule has 9 nitrogen and oxygen atoms in total. The van der Waals surface area contributed by atoms with Gasteiger partial charge in [-0.1, -0.05) is 5.16 Å². The van der Waals surface area contributed by atoms with Gasteiger partial charge in [0.15, 0.2) is 17.3 Å². The van der Waals surface area contributed by atoms with Crippen molar-refractivity contribution in [3.8, 4) is 21.8 Å². The maximum absolute atomic E-state index is 14.2. The standard InChI is InChI=1S/C27H21F2N5O4S/c1-13-23(14(2)38-32-13)15-8-9-33-21(10-15)31-24(25(33)26-30-19(12-39-26)27(36)37)20-4-3-5-22(35)34(20)16-6-7-17(28)18(29)11-16/h6-12,20H,3-5H2,1-2H3,(H,36,37)/t20-/m0/s1. The highest BCUT2D eigenvalue weighted by Gasteiger charge is 2.36. The Morgan fingerprint density at radius 1 is 1.15 bits per heavy atom. The number of imidazole rings is 1. The van der Waals surface area contributed by atoms with Gasteiger partial charge in [0.2, 0.25) is 5.91 Å². The number of benzene rings is 1. The van der Waals surface area contributed by atoms with Crippen LogP contribution in [0, 0.1) is 25.5 Å². The number of piperidine rings is 1. The quantitative estimate of drug-likeness (QED) is 0.288. The third kappa shape index (κ3) is 4.16. The normalized spacial score (nSPS) is 15.8. The van der Waals surface area contributed by atoms with Crippen molar-refractivity contribution < 1.29 is 28.0 Å². The number of aryl methyl sites for hydroxylation is 2. The summed E-state index contributed by atoms with van der Waals surface area (Å²) in [7, 11) is 0. The molecule has 0 aliphatic carbocycles. The largest absolute Gasteiger partial charge is 0.476 e. The van der Waals surface area contributed by atoms with Crippen LogP contribution in [0.2, 0.25) is 0 Å². The van der Waals surface area contributed by atoms with Crippen molar-refractivity contribution in [3.63, 3.8) is 0 Å². The van der Waals surface area contributed by atoms with E-state index in [2.05, 4.69) is 10.1 Å². The highest BCUT2D eigenvalue weighted by molar-refractivity contribution is 7.13. The Morgan fingerprint density at radius 2 is 1.97 bits per heavy atom. The van der Waals surface area contributed by atoms with E-state index in [1.54, 1.807) is 10.6 Å². The lowest BCUT2D eigenvalue weighted by Gasteiger charge is -2.35. The molecule has 6 rings (SSSR count). The van der Waals surface area contributed by atoms with E-state index in [0.717, 1.165) is 40.3 Å². The number of aromatic nitrogens is 4. The van der Waals surface area contributed by atoms with E-state index in [1.165, 1.54) is 16.3 Å². The van der Waals surface area contributed by atoms with Gasteiger partial charge in [0.1, 0.15) is 22.1 Å². The molecule has 5 heterocycles. The fourth-order valence-corrected chi connectivity index (χ4v) is 5.97. The fraction of sp³-hybridized carbons (Fsp3) is 0.222. The van der Waals surface area contributed by atoms with E-state index in [1.807, 2.05) is 26.0 Å². The van der Waals surface area contributed by atoms with Crippen LogP contribution in [0.1, 0.15) is 52.9 Å². The van der Waals surface area contributed by atoms with Gasteiger partial charge in [-0.2, -0.15) is 0 Å². The first-order valence-electron chi connectivity index (χ1n) is 12.1. The number of nitrogens with zero attached hydrogens (tertiary/aromatic N) is 5. The molecule has 1 aromatic carbocycles. The van der Waals surface area contributed by atoms with Crippen LogP contribution < -0.4 is 4.90 Å². The fourth-order valence-electron chi connectivity index (χ4n) is 5.13. The van der Waals surface area contributed by atoms with Crippen LogP contribution in [0.3, 0.4) is 0 Å². The molecule has 1 saturated heterocycles. The summed E-state index contributed by atoms with van der Waals surface area (Å²) in [5.41, 5.74) is 4.03. The molecule has 0 saturated carbocycles. The Hall–Kier alpha value is -4.45. The lowest BCUT2D eigenvalue weighted by molar-refractivity contribution is -0.120. The first kappa shape index (κ1) is 24.9. The van der Waals surface area contributed by atoms with E-state index in [4.69, 9.17) is 9.51 Å². The molecule has 1 aliphatic heterocycles. The number of pyridine rings is 1. The van der Waals surface area contributed by atoms with E-state index in [9.17, 15) is 23.5 Å². The van der Waals surface area contributed by atoms with Crippen LogP contribution in [-0.2, 0) is 4.79 Å². The zero-order valence-corrected chi connectivity index (χ0v) is 21.6. The molecule has 4 aromatic heterocycles. The van der Waals surface area contributed by atoms with E-state index < -0.39 is 23.6 Å². The second-order valence-electron chi connectivity index (χ2n) is 9.30. The van der Waals surface area contributed by atoms with Crippen molar-refractivity contribution in [1.29, 1.82) is 0 Å². The zero-order valence-electron chi connectivity index (χ0n) is 20.8. The topological polar surface area (TPSA) is 114 Å². The number of fused-ring (bicyclic) bond motifs is 1. The number of halogens is 2. The third-order valence-corrected chi connectivity index (χ3v) is 7.70. The SMILES string of the molecule is Cc1noc(C)c1-c1ccn2c(-c3nc(C(=O)O)cs3)c([C@@H]3CCCC(=O)N3c3ccc(F)c(F)c3)nc2c1. The minimum atomic E-state index is -1.16. The number of aromatic carboxylic acids is 1. The van der Waals surface area contributed by atoms with Gasteiger partial charge >= 0.3 is 5.97 Å². The Bertz CT molecular complexity index is 1760. The maximum Gasteiger partial charge on any atom is 0.355 e. The van der Waals surface area contributed by atoms with Crippen molar-refractivity contribution in [2.45, 2.75) is 39.2 Å². The van der Waals surface area contributed by atoms with E-state index >= 15 is 0 Å². The summed E-state index contributed by atoms with van der Waals surface area (Å²) in [5.74, 6) is -2.83. The predicted octanol–water partition coefficient (Wildman–Crippen LogP) is 5.96. The minimum absolute atomic E-state index is 0.111. The molecule has 12 heteroatoms. The van der Waals surface area contributed by atoms with Crippen molar-refractivity contribution >= 4 is 34.5 Å². The van der Waals surface area contributed by atoms with Gasteiger partial charge in [-0.15, -0.1) is 11.3 Å². The van der Waals surface area contributed by atoms with Gasteiger partial charge in [-0.3, -0.25) is 9.20 Å². The number of carboxylic acids is 1. The molecule has 5 aromatic rings. The molecule has 1 amide bonds. The smallest absolute Gasteiger partial charge is 0.355 e. The number of carboxylic acid groups (broad SMARTS) is 1. The van der Waals surface area contributed by atoms with Gasteiger partial charge in [0.25, 0.3) is 0 Å². The first-order valence-corrected chi connectivity index (χ1v) is 13.0. The van der Waals surface area contributed by atoms with Crippen LogP contribution in [0.4, 0.5) is 14.5 Å². The Labute approximate surface area is 224 Å². The number of carbonyl (C=O) groups excluding carboxylic acids is 1. The van der Waals surface area contributed by atoms with Gasteiger partial charge in [0.05, 0.1) is 17.4 Å².